The Morgan fingerprint density at radius 2 is 2.11 bits per heavy atom. The SMILES string of the molecule is CCC(C)(NC(=O)N1CC(C)OCC1C)C(=O)O. The largest absolute Gasteiger partial charge is 0.480 e. The number of carboxylic acids is 1. The first-order chi connectivity index (χ1) is 8.30. The molecule has 0 spiro atoms. The van der Waals surface area contributed by atoms with Gasteiger partial charge in [-0.3, -0.25) is 0 Å². The smallest absolute Gasteiger partial charge is 0.329 e. The van der Waals surface area contributed by atoms with Gasteiger partial charge >= 0.3 is 12.0 Å². The van der Waals surface area contributed by atoms with Gasteiger partial charge in [0.15, 0.2) is 0 Å². The highest BCUT2D eigenvalue weighted by molar-refractivity contribution is 5.86. The molecule has 1 aliphatic heterocycles. The molecule has 104 valence electrons. The minimum atomic E-state index is -1.22. The second-order valence-corrected chi connectivity index (χ2v) is 5.07. The zero-order valence-corrected chi connectivity index (χ0v) is 11.4. The van der Waals surface area contributed by atoms with Crippen molar-refractivity contribution >= 4 is 12.0 Å². The van der Waals surface area contributed by atoms with E-state index in [0.29, 0.717) is 19.6 Å². The van der Waals surface area contributed by atoms with E-state index in [-0.39, 0.29) is 18.2 Å². The molecule has 1 rings (SSSR count). The quantitative estimate of drug-likeness (QED) is 0.793. The number of urea groups is 1. The molecule has 2 N–H and O–H groups in total. The number of carbonyl (C=O) groups excluding carboxylic acids is 1. The Morgan fingerprint density at radius 1 is 1.50 bits per heavy atom. The van der Waals surface area contributed by atoms with E-state index in [1.807, 2.05) is 13.8 Å². The molecule has 0 bridgehead atoms. The summed E-state index contributed by atoms with van der Waals surface area (Å²) in [6.07, 6.45) is 0.312. The van der Waals surface area contributed by atoms with Crippen LogP contribution >= 0.6 is 0 Å². The maximum Gasteiger partial charge on any atom is 0.329 e. The molecule has 0 aliphatic carbocycles. The number of amides is 2. The van der Waals surface area contributed by atoms with E-state index in [9.17, 15) is 9.59 Å². The molecule has 2 amide bonds. The second-order valence-electron chi connectivity index (χ2n) is 5.07. The van der Waals surface area contributed by atoms with Crippen LogP contribution in [0.15, 0.2) is 0 Å². The van der Waals surface area contributed by atoms with E-state index in [4.69, 9.17) is 9.84 Å². The highest BCUT2D eigenvalue weighted by atomic mass is 16.5. The highest BCUT2D eigenvalue weighted by Gasteiger charge is 2.36. The molecular weight excluding hydrogens is 236 g/mol. The van der Waals surface area contributed by atoms with E-state index >= 15 is 0 Å². The van der Waals surface area contributed by atoms with Crippen LogP contribution in [0.3, 0.4) is 0 Å². The lowest BCUT2D eigenvalue weighted by molar-refractivity contribution is -0.144. The van der Waals surface area contributed by atoms with Crippen LogP contribution in [0.5, 0.6) is 0 Å². The molecule has 1 aliphatic rings. The number of rotatable bonds is 3. The number of ether oxygens (including phenoxy) is 1. The van der Waals surface area contributed by atoms with Crippen molar-refractivity contribution in [2.75, 3.05) is 13.2 Å². The van der Waals surface area contributed by atoms with Gasteiger partial charge in [-0.1, -0.05) is 6.92 Å². The summed E-state index contributed by atoms with van der Waals surface area (Å²) in [5.41, 5.74) is -1.22. The molecule has 0 aromatic heterocycles. The summed E-state index contributed by atoms with van der Waals surface area (Å²) in [6.45, 7) is 7.98. The molecule has 18 heavy (non-hydrogen) atoms. The predicted octanol–water partition coefficient (Wildman–Crippen LogP) is 1.06. The van der Waals surface area contributed by atoms with Gasteiger partial charge < -0.3 is 20.1 Å². The highest BCUT2D eigenvalue weighted by Crippen LogP contribution is 2.15. The minimum Gasteiger partial charge on any atom is -0.480 e. The van der Waals surface area contributed by atoms with E-state index in [1.54, 1.807) is 11.8 Å². The molecular formula is C12H22N2O4. The van der Waals surface area contributed by atoms with E-state index in [0.717, 1.165) is 0 Å². The number of nitrogens with one attached hydrogen (secondary N) is 1. The predicted molar refractivity (Wildman–Crippen MR) is 66.4 cm³/mol. The fourth-order valence-electron chi connectivity index (χ4n) is 1.79. The number of hydrogen-bond acceptors (Lipinski definition) is 3. The lowest BCUT2D eigenvalue weighted by Gasteiger charge is -2.38. The average Bonchev–Trinajstić information content (AvgIpc) is 2.31. The zero-order valence-electron chi connectivity index (χ0n) is 11.4. The summed E-state index contributed by atoms with van der Waals surface area (Å²) in [4.78, 5) is 24.9. The van der Waals surface area contributed by atoms with Gasteiger partial charge in [0, 0.05) is 6.54 Å². The number of carboxylic acid groups (broad SMARTS) is 1. The summed E-state index contributed by atoms with van der Waals surface area (Å²) in [5, 5.41) is 11.7. The van der Waals surface area contributed by atoms with E-state index < -0.39 is 11.5 Å². The van der Waals surface area contributed by atoms with Crippen molar-refractivity contribution in [2.24, 2.45) is 0 Å². The van der Waals surface area contributed by atoms with Crippen molar-refractivity contribution in [2.45, 2.75) is 51.8 Å². The third-order valence-corrected chi connectivity index (χ3v) is 3.43. The van der Waals surface area contributed by atoms with Crippen LogP contribution < -0.4 is 5.32 Å². The van der Waals surface area contributed by atoms with Crippen molar-refractivity contribution in [1.29, 1.82) is 0 Å². The van der Waals surface area contributed by atoms with Crippen molar-refractivity contribution in [3.8, 4) is 0 Å². The number of nitrogens with zero attached hydrogens (tertiary/aromatic N) is 1. The standard InChI is InChI=1S/C12H22N2O4/c1-5-12(4,10(15)16)13-11(17)14-6-9(3)18-7-8(14)2/h8-9H,5-7H2,1-4H3,(H,13,17)(H,15,16). The lowest BCUT2D eigenvalue weighted by atomic mass is 9.99. The first-order valence-electron chi connectivity index (χ1n) is 6.24. The van der Waals surface area contributed by atoms with Gasteiger partial charge in [-0.05, 0) is 27.2 Å². The Hall–Kier alpha value is -1.30. The number of morpholine rings is 1. The fraction of sp³-hybridized carbons (Fsp3) is 0.833. The van der Waals surface area contributed by atoms with Crippen LogP contribution in [0.25, 0.3) is 0 Å². The molecule has 3 atom stereocenters. The molecule has 1 saturated heterocycles. The van der Waals surface area contributed by atoms with Crippen LogP contribution in [-0.4, -0.2) is 52.8 Å². The third-order valence-electron chi connectivity index (χ3n) is 3.43. The van der Waals surface area contributed by atoms with Crippen molar-refractivity contribution < 1.29 is 19.4 Å². The molecule has 1 fully saturated rings. The van der Waals surface area contributed by atoms with Crippen LogP contribution in [0.4, 0.5) is 4.79 Å². The van der Waals surface area contributed by atoms with Crippen LogP contribution in [0, 0.1) is 0 Å². The Bertz CT molecular complexity index is 334. The Morgan fingerprint density at radius 3 is 2.61 bits per heavy atom. The van der Waals surface area contributed by atoms with Gasteiger partial charge in [-0.2, -0.15) is 0 Å². The number of carbonyl (C=O) groups is 2. The van der Waals surface area contributed by atoms with Crippen LogP contribution in [0.1, 0.15) is 34.1 Å². The minimum absolute atomic E-state index is 0.0235. The molecule has 6 nitrogen and oxygen atoms in total. The zero-order chi connectivity index (χ0) is 13.9. The molecule has 0 radical (unpaired) electrons. The second kappa shape index (κ2) is 5.56. The van der Waals surface area contributed by atoms with Crippen LogP contribution in [0.2, 0.25) is 0 Å². The normalized spacial score (nSPS) is 27.4. The van der Waals surface area contributed by atoms with Crippen molar-refractivity contribution in [3.63, 3.8) is 0 Å². The summed E-state index contributed by atoms with van der Waals surface area (Å²) >= 11 is 0. The topological polar surface area (TPSA) is 78.9 Å². The average molecular weight is 258 g/mol. The third kappa shape index (κ3) is 3.13. The van der Waals surface area contributed by atoms with E-state index in [2.05, 4.69) is 5.32 Å². The van der Waals surface area contributed by atoms with Gasteiger partial charge in [-0.15, -0.1) is 0 Å². The van der Waals surface area contributed by atoms with Gasteiger partial charge in [-0.25, -0.2) is 9.59 Å². The Balaban J connectivity index is 2.72. The maximum atomic E-state index is 12.1. The molecule has 1 heterocycles. The monoisotopic (exact) mass is 258 g/mol. The van der Waals surface area contributed by atoms with Crippen molar-refractivity contribution in [1.82, 2.24) is 10.2 Å². The molecule has 0 aromatic carbocycles. The van der Waals surface area contributed by atoms with E-state index in [1.165, 1.54) is 6.92 Å². The molecule has 6 heteroatoms. The summed E-state index contributed by atoms with van der Waals surface area (Å²) in [7, 11) is 0. The molecule has 0 saturated carbocycles. The van der Waals surface area contributed by atoms with Gasteiger partial charge in [0.1, 0.15) is 5.54 Å². The molecule has 0 aromatic rings. The summed E-state index contributed by atoms with van der Waals surface area (Å²) in [5.74, 6) is -1.02. The summed E-state index contributed by atoms with van der Waals surface area (Å²) < 4.78 is 5.44. The van der Waals surface area contributed by atoms with Gasteiger partial charge in [0.25, 0.3) is 0 Å². The summed E-state index contributed by atoms with van der Waals surface area (Å²) in [6, 6.07) is -0.388. The van der Waals surface area contributed by atoms with Gasteiger partial charge in [0.2, 0.25) is 0 Å². The maximum absolute atomic E-state index is 12.1. The number of hydrogen-bond donors (Lipinski definition) is 2. The first kappa shape index (κ1) is 14.8. The number of aliphatic carboxylic acids is 1. The fourth-order valence-corrected chi connectivity index (χ4v) is 1.79. The van der Waals surface area contributed by atoms with Crippen LogP contribution in [-0.2, 0) is 9.53 Å². The Kier molecular flexibility index (Phi) is 4.56. The Labute approximate surface area is 107 Å². The van der Waals surface area contributed by atoms with Gasteiger partial charge in [0.05, 0.1) is 18.8 Å². The first-order valence-corrected chi connectivity index (χ1v) is 6.24. The van der Waals surface area contributed by atoms with Crippen molar-refractivity contribution in [3.05, 3.63) is 0 Å². The molecule has 3 unspecified atom stereocenters. The lowest BCUT2D eigenvalue weighted by Crippen LogP contribution is -2.60.